The van der Waals surface area contributed by atoms with E-state index < -0.39 is 0 Å². The van der Waals surface area contributed by atoms with Gasteiger partial charge in [-0.15, -0.1) is 11.3 Å². The van der Waals surface area contributed by atoms with Crippen molar-refractivity contribution >= 4 is 39.1 Å². The zero-order chi connectivity index (χ0) is 19.7. The molecule has 6 nitrogen and oxygen atoms in total. The normalized spacial score (nSPS) is 11.0. The Kier molecular flexibility index (Phi) is 5.02. The van der Waals surface area contributed by atoms with Gasteiger partial charge in [-0.05, 0) is 30.7 Å². The van der Waals surface area contributed by atoms with Crippen LogP contribution in [0.3, 0.4) is 0 Å². The molecule has 0 spiro atoms. The number of pyridine rings is 1. The number of hydrogen-bond donors (Lipinski definition) is 1. The molecule has 4 aromatic rings. The quantitative estimate of drug-likeness (QED) is 0.528. The van der Waals surface area contributed by atoms with Gasteiger partial charge >= 0.3 is 0 Å². The van der Waals surface area contributed by atoms with Crippen molar-refractivity contribution in [3.63, 3.8) is 0 Å². The SMILES string of the molecule is COc1ccc(CNC(=O)c2cc3c(C)nn(-c4ccccc4Cl)c3s2)cn1. The fourth-order valence-electron chi connectivity index (χ4n) is 2.85. The molecule has 3 heterocycles. The minimum atomic E-state index is -0.137. The number of amides is 1. The molecule has 0 aliphatic carbocycles. The van der Waals surface area contributed by atoms with Crippen molar-refractivity contribution < 1.29 is 9.53 Å². The van der Waals surface area contributed by atoms with Crippen molar-refractivity contribution in [2.24, 2.45) is 0 Å². The molecule has 0 fully saturated rings. The molecule has 8 heteroatoms. The van der Waals surface area contributed by atoms with Gasteiger partial charge in [0.15, 0.2) is 0 Å². The highest BCUT2D eigenvalue weighted by molar-refractivity contribution is 7.20. The Morgan fingerprint density at radius 1 is 1.29 bits per heavy atom. The van der Waals surface area contributed by atoms with Crippen LogP contribution in [-0.2, 0) is 6.54 Å². The predicted octanol–water partition coefficient (Wildman–Crippen LogP) is 4.38. The number of methoxy groups -OCH3 is 1. The molecular weight excluding hydrogens is 396 g/mol. The average Bonchev–Trinajstić information content (AvgIpc) is 3.28. The van der Waals surface area contributed by atoms with Crippen molar-refractivity contribution in [1.82, 2.24) is 20.1 Å². The fourth-order valence-corrected chi connectivity index (χ4v) is 4.16. The van der Waals surface area contributed by atoms with E-state index in [2.05, 4.69) is 15.4 Å². The highest BCUT2D eigenvalue weighted by Gasteiger charge is 2.18. The number of thiophene rings is 1. The number of carbonyl (C=O) groups is 1. The van der Waals surface area contributed by atoms with Gasteiger partial charge in [-0.3, -0.25) is 4.79 Å². The number of ether oxygens (including phenoxy) is 1. The van der Waals surface area contributed by atoms with E-state index in [0.717, 1.165) is 27.2 Å². The van der Waals surface area contributed by atoms with Crippen LogP contribution < -0.4 is 10.1 Å². The molecule has 4 rings (SSSR count). The van der Waals surface area contributed by atoms with Gasteiger partial charge in [0.25, 0.3) is 5.91 Å². The summed E-state index contributed by atoms with van der Waals surface area (Å²) in [5, 5.41) is 9.07. The fraction of sp³-hybridized carbons (Fsp3) is 0.150. The van der Waals surface area contributed by atoms with Gasteiger partial charge < -0.3 is 10.1 Å². The van der Waals surface area contributed by atoms with E-state index in [9.17, 15) is 4.79 Å². The van der Waals surface area contributed by atoms with Gasteiger partial charge in [-0.1, -0.05) is 29.8 Å². The molecule has 0 aliphatic heterocycles. The zero-order valence-corrected chi connectivity index (χ0v) is 16.8. The lowest BCUT2D eigenvalue weighted by molar-refractivity contribution is 0.0955. The summed E-state index contributed by atoms with van der Waals surface area (Å²) in [5.41, 5.74) is 2.54. The third-order valence-corrected chi connectivity index (χ3v) is 5.74. The molecule has 1 aromatic carbocycles. The molecule has 142 valence electrons. The number of aromatic nitrogens is 3. The first-order valence-corrected chi connectivity index (χ1v) is 9.77. The maximum Gasteiger partial charge on any atom is 0.261 e. The smallest absolute Gasteiger partial charge is 0.261 e. The zero-order valence-electron chi connectivity index (χ0n) is 15.3. The number of aryl methyl sites for hydroxylation is 1. The molecule has 0 atom stereocenters. The second-order valence-corrected chi connectivity index (χ2v) is 7.61. The van der Waals surface area contributed by atoms with Crippen LogP contribution in [0.25, 0.3) is 15.9 Å². The van der Waals surface area contributed by atoms with E-state index in [4.69, 9.17) is 16.3 Å². The van der Waals surface area contributed by atoms with E-state index in [1.807, 2.05) is 43.3 Å². The summed E-state index contributed by atoms with van der Waals surface area (Å²) < 4.78 is 6.84. The molecule has 0 saturated carbocycles. The van der Waals surface area contributed by atoms with E-state index in [1.165, 1.54) is 11.3 Å². The summed E-state index contributed by atoms with van der Waals surface area (Å²) >= 11 is 7.72. The topological polar surface area (TPSA) is 69.0 Å². The second-order valence-electron chi connectivity index (χ2n) is 6.17. The molecule has 0 aliphatic rings. The molecule has 28 heavy (non-hydrogen) atoms. The molecule has 1 amide bonds. The number of benzene rings is 1. The predicted molar refractivity (Wildman–Crippen MR) is 111 cm³/mol. The first-order chi connectivity index (χ1) is 13.6. The van der Waals surface area contributed by atoms with Gasteiger partial charge in [-0.25, -0.2) is 9.67 Å². The van der Waals surface area contributed by atoms with Crippen LogP contribution in [0, 0.1) is 6.92 Å². The molecule has 3 aromatic heterocycles. The number of nitrogens with zero attached hydrogens (tertiary/aromatic N) is 3. The van der Waals surface area contributed by atoms with E-state index in [0.29, 0.717) is 22.3 Å². The van der Waals surface area contributed by atoms with Crippen molar-refractivity contribution in [3.05, 3.63) is 69.8 Å². The maximum absolute atomic E-state index is 12.6. The lowest BCUT2D eigenvalue weighted by Crippen LogP contribution is -2.21. The highest BCUT2D eigenvalue weighted by Crippen LogP contribution is 2.32. The van der Waals surface area contributed by atoms with Crippen molar-refractivity contribution in [3.8, 4) is 11.6 Å². The first kappa shape index (κ1) is 18.5. The van der Waals surface area contributed by atoms with Gasteiger partial charge in [0.1, 0.15) is 4.83 Å². The Balaban J connectivity index is 1.58. The van der Waals surface area contributed by atoms with Gasteiger partial charge in [0, 0.05) is 24.2 Å². The summed E-state index contributed by atoms with van der Waals surface area (Å²) in [4.78, 5) is 18.3. The van der Waals surface area contributed by atoms with Crippen LogP contribution in [0.5, 0.6) is 5.88 Å². The maximum atomic E-state index is 12.6. The minimum Gasteiger partial charge on any atom is -0.481 e. The Morgan fingerprint density at radius 3 is 2.82 bits per heavy atom. The van der Waals surface area contributed by atoms with Crippen LogP contribution in [0.4, 0.5) is 0 Å². The number of hydrogen-bond acceptors (Lipinski definition) is 5. The molecule has 1 N–H and O–H groups in total. The highest BCUT2D eigenvalue weighted by atomic mass is 35.5. The number of halogens is 1. The number of para-hydroxylation sites is 1. The van der Waals surface area contributed by atoms with Crippen molar-refractivity contribution in [1.29, 1.82) is 0 Å². The Labute approximate surface area is 170 Å². The van der Waals surface area contributed by atoms with Crippen molar-refractivity contribution in [2.75, 3.05) is 7.11 Å². The molecule has 0 saturated heterocycles. The number of carbonyl (C=O) groups excluding carboxylic acids is 1. The standard InChI is InChI=1S/C20H17ClN4O2S/c1-12-14-9-17(19(26)23-11-13-7-8-18(27-2)22-10-13)28-20(14)25(24-12)16-6-4-3-5-15(16)21/h3-10H,11H2,1-2H3,(H,23,26). The van der Waals surface area contributed by atoms with E-state index in [1.54, 1.807) is 24.1 Å². The molecule has 0 unspecified atom stereocenters. The summed E-state index contributed by atoms with van der Waals surface area (Å²) in [6, 6.07) is 13.0. The van der Waals surface area contributed by atoms with Crippen LogP contribution in [-0.4, -0.2) is 27.8 Å². The third-order valence-electron chi connectivity index (χ3n) is 4.31. The molecule has 0 radical (unpaired) electrons. The lowest BCUT2D eigenvalue weighted by Gasteiger charge is -2.05. The summed E-state index contributed by atoms with van der Waals surface area (Å²) in [6.45, 7) is 2.31. The van der Waals surface area contributed by atoms with E-state index >= 15 is 0 Å². The van der Waals surface area contributed by atoms with Crippen LogP contribution in [0.2, 0.25) is 5.02 Å². The molecular formula is C20H17ClN4O2S. The van der Waals surface area contributed by atoms with E-state index in [-0.39, 0.29) is 5.91 Å². The number of fused-ring (bicyclic) bond motifs is 1. The van der Waals surface area contributed by atoms with Gasteiger partial charge in [0.05, 0.1) is 28.4 Å². The van der Waals surface area contributed by atoms with Crippen LogP contribution in [0.15, 0.2) is 48.7 Å². The van der Waals surface area contributed by atoms with Crippen molar-refractivity contribution in [2.45, 2.75) is 13.5 Å². The van der Waals surface area contributed by atoms with Crippen LogP contribution >= 0.6 is 22.9 Å². The lowest BCUT2D eigenvalue weighted by atomic mass is 10.2. The second kappa shape index (κ2) is 7.61. The Morgan fingerprint density at radius 2 is 2.11 bits per heavy atom. The average molecular weight is 413 g/mol. The largest absolute Gasteiger partial charge is 0.481 e. The summed E-state index contributed by atoms with van der Waals surface area (Å²) in [6.07, 6.45) is 1.68. The third kappa shape index (κ3) is 3.46. The summed E-state index contributed by atoms with van der Waals surface area (Å²) in [7, 11) is 1.57. The molecule has 0 bridgehead atoms. The van der Waals surface area contributed by atoms with Gasteiger partial charge in [-0.2, -0.15) is 5.10 Å². The number of rotatable bonds is 5. The Bertz CT molecular complexity index is 1150. The monoisotopic (exact) mass is 412 g/mol. The Hall–Kier alpha value is -2.90. The summed E-state index contributed by atoms with van der Waals surface area (Å²) in [5.74, 6) is 0.404. The minimum absolute atomic E-state index is 0.137. The van der Waals surface area contributed by atoms with Crippen LogP contribution in [0.1, 0.15) is 20.9 Å². The first-order valence-electron chi connectivity index (χ1n) is 8.58. The van der Waals surface area contributed by atoms with Gasteiger partial charge in [0.2, 0.25) is 5.88 Å². The number of nitrogens with one attached hydrogen (secondary N) is 1.